The lowest BCUT2D eigenvalue weighted by Gasteiger charge is -2.19. The second-order valence-corrected chi connectivity index (χ2v) is 7.04. The van der Waals surface area contributed by atoms with E-state index in [-0.39, 0.29) is 29.8 Å². The van der Waals surface area contributed by atoms with Crippen molar-refractivity contribution in [3.63, 3.8) is 0 Å². The van der Waals surface area contributed by atoms with E-state index in [0.29, 0.717) is 19.7 Å². The number of nitrogens with zero attached hydrogens (tertiary/aromatic N) is 1. The van der Waals surface area contributed by atoms with Gasteiger partial charge in [0.15, 0.2) is 0 Å². The van der Waals surface area contributed by atoms with E-state index in [2.05, 4.69) is 5.32 Å². The van der Waals surface area contributed by atoms with Crippen LogP contribution in [0.1, 0.15) is 27.4 Å². The van der Waals surface area contributed by atoms with Crippen molar-refractivity contribution in [1.82, 2.24) is 10.2 Å². The van der Waals surface area contributed by atoms with Gasteiger partial charge in [0, 0.05) is 32.7 Å². The fraction of sp³-hybridized carbons (Fsp3) is 0.364. The lowest BCUT2D eigenvalue weighted by Crippen LogP contribution is -2.37. The Hall–Kier alpha value is -2.73. The number of amides is 2. The SMILES string of the molecule is COCCNC(=O)[C@@H]1CN(C(=O)c2ccccc2F)C[C@H]1c1ccccc1C. The van der Waals surface area contributed by atoms with Crippen LogP contribution in [0.3, 0.4) is 0 Å². The van der Waals surface area contributed by atoms with Crippen LogP contribution in [0.5, 0.6) is 0 Å². The van der Waals surface area contributed by atoms with Crippen molar-refractivity contribution in [2.24, 2.45) is 5.92 Å². The summed E-state index contributed by atoms with van der Waals surface area (Å²) < 4.78 is 19.1. The van der Waals surface area contributed by atoms with E-state index in [1.54, 1.807) is 24.1 Å². The van der Waals surface area contributed by atoms with Gasteiger partial charge < -0.3 is 15.0 Å². The highest BCUT2D eigenvalue weighted by molar-refractivity contribution is 5.95. The summed E-state index contributed by atoms with van der Waals surface area (Å²) in [7, 11) is 1.58. The molecule has 1 fully saturated rings. The summed E-state index contributed by atoms with van der Waals surface area (Å²) in [6.45, 7) is 3.46. The van der Waals surface area contributed by atoms with E-state index >= 15 is 0 Å². The van der Waals surface area contributed by atoms with Gasteiger partial charge in [-0.05, 0) is 30.2 Å². The molecule has 5 nitrogen and oxygen atoms in total. The number of rotatable bonds is 6. The highest BCUT2D eigenvalue weighted by Crippen LogP contribution is 2.35. The first kappa shape index (κ1) is 20.0. The largest absolute Gasteiger partial charge is 0.383 e. The lowest BCUT2D eigenvalue weighted by molar-refractivity contribution is -0.125. The van der Waals surface area contributed by atoms with Gasteiger partial charge in [0.25, 0.3) is 5.91 Å². The molecule has 0 spiro atoms. The third-order valence-corrected chi connectivity index (χ3v) is 5.24. The Bertz CT molecular complexity index is 855. The van der Waals surface area contributed by atoms with Crippen LogP contribution < -0.4 is 5.32 Å². The average Bonchev–Trinajstić information content (AvgIpc) is 3.13. The summed E-state index contributed by atoms with van der Waals surface area (Å²) in [6, 6.07) is 13.8. The van der Waals surface area contributed by atoms with E-state index in [1.165, 1.54) is 12.1 Å². The van der Waals surface area contributed by atoms with Crippen molar-refractivity contribution >= 4 is 11.8 Å². The van der Waals surface area contributed by atoms with Crippen LogP contribution in [0.15, 0.2) is 48.5 Å². The van der Waals surface area contributed by atoms with Crippen LogP contribution >= 0.6 is 0 Å². The molecule has 1 N–H and O–H groups in total. The molecule has 28 heavy (non-hydrogen) atoms. The molecule has 1 saturated heterocycles. The minimum atomic E-state index is -0.548. The Balaban J connectivity index is 1.86. The van der Waals surface area contributed by atoms with Crippen LogP contribution in [0.2, 0.25) is 0 Å². The normalized spacial score (nSPS) is 18.9. The molecule has 2 amide bonds. The first-order valence-corrected chi connectivity index (χ1v) is 9.39. The Kier molecular flexibility index (Phi) is 6.41. The van der Waals surface area contributed by atoms with Crippen LogP contribution in [-0.4, -0.2) is 50.1 Å². The number of nitrogens with one attached hydrogen (secondary N) is 1. The zero-order chi connectivity index (χ0) is 20.1. The van der Waals surface area contributed by atoms with Gasteiger partial charge in [0.1, 0.15) is 5.82 Å². The van der Waals surface area contributed by atoms with Crippen molar-refractivity contribution in [2.75, 3.05) is 33.4 Å². The van der Waals surface area contributed by atoms with Gasteiger partial charge in [0.2, 0.25) is 5.91 Å². The van der Waals surface area contributed by atoms with Crippen molar-refractivity contribution < 1.29 is 18.7 Å². The number of hydrogen-bond donors (Lipinski definition) is 1. The van der Waals surface area contributed by atoms with Crippen LogP contribution in [0, 0.1) is 18.7 Å². The molecule has 0 bridgehead atoms. The molecule has 2 atom stereocenters. The number of methoxy groups -OCH3 is 1. The summed E-state index contributed by atoms with van der Waals surface area (Å²) in [5.41, 5.74) is 2.15. The molecule has 0 saturated carbocycles. The summed E-state index contributed by atoms with van der Waals surface area (Å²) >= 11 is 0. The van der Waals surface area contributed by atoms with Crippen molar-refractivity contribution in [3.8, 4) is 0 Å². The summed E-state index contributed by atoms with van der Waals surface area (Å²) in [5, 5.41) is 2.88. The molecule has 2 aromatic rings. The molecule has 2 aromatic carbocycles. The monoisotopic (exact) mass is 384 g/mol. The molecule has 0 radical (unpaired) electrons. The highest BCUT2D eigenvalue weighted by Gasteiger charge is 2.41. The Morgan fingerprint density at radius 1 is 1.14 bits per heavy atom. The highest BCUT2D eigenvalue weighted by atomic mass is 19.1. The Labute approximate surface area is 164 Å². The van der Waals surface area contributed by atoms with E-state index < -0.39 is 11.7 Å². The third kappa shape index (κ3) is 4.22. The number of carbonyl (C=O) groups is 2. The number of aryl methyl sites for hydroxylation is 1. The third-order valence-electron chi connectivity index (χ3n) is 5.24. The number of likely N-dealkylation sites (tertiary alicyclic amines) is 1. The molecule has 1 aliphatic rings. The number of benzene rings is 2. The van der Waals surface area contributed by atoms with Gasteiger partial charge in [0.05, 0.1) is 18.1 Å². The maximum absolute atomic E-state index is 14.1. The molecule has 1 aliphatic heterocycles. The number of ether oxygens (including phenoxy) is 1. The topological polar surface area (TPSA) is 58.6 Å². The van der Waals surface area contributed by atoms with Gasteiger partial charge >= 0.3 is 0 Å². The summed E-state index contributed by atoms with van der Waals surface area (Å²) in [6.07, 6.45) is 0. The fourth-order valence-electron chi connectivity index (χ4n) is 3.77. The van der Waals surface area contributed by atoms with Crippen molar-refractivity contribution in [1.29, 1.82) is 0 Å². The van der Waals surface area contributed by atoms with Crippen molar-refractivity contribution in [3.05, 3.63) is 71.0 Å². The fourth-order valence-corrected chi connectivity index (χ4v) is 3.77. The molecule has 0 aliphatic carbocycles. The molecule has 6 heteroatoms. The Morgan fingerprint density at radius 3 is 2.57 bits per heavy atom. The zero-order valence-corrected chi connectivity index (χ0v) is 16.2. The molecular formula is C22H25FN2O3. The minimum absolute atomic E-state index is 0.0338. The summed E-state index contributed by atoms with van der Waals surface area (Å²) in [4.78, 5) is 27.3. The van der Waals surface area contributed by atoms with Crippen molar-refractivity contribution in [2.45, 2.75) is 12.8 Å². The lowest BCUT2D eigenvalue weighted by atomic mass is 9.86. The first-order valence-electron chi connectivity index (χ1n) is 9.39. The maximum Gasteiger partial charge on any atom is 0.256 e. The Morgan fingerprint density at radius 2 is 1.86 bits per heavy atom. The second-order valence-electron chi connectivity index (χ2n) is 7.04. The number of hydrogen-bond acceptors (Lipinski definition) is 3. The number of carbonyl (C=O) groups excluding carboxylic acids is 2. The van der Waals surface area contributed by atoms with Gasteiger partial charge in [-0.25, -0.2) is 4.39 Å². The van der Waals surface area contributed by atoms with Gasteiger partial charge in [-0.1, -0.05) is 36.4 Å². The zero-order valence-electron chi connectivity index (χ0n) is 16.2. The summed E-state index contributed by atoms with van der Waals surface area (Å²) in [5.74, 6) is -1.58. The maximum atomic E-state index is 14.1. The van der Waals surface area contributed by atoms with Crippen LogP contribution in [0.25, 0.3) is 0 Å². The molecule has 1 heterocycles. The molecule has 0 aromatic heterocycles. The smallest absolute Gasteiger partial charge is 0.256 e. The number of halogens is 1. The van der Waals surface area contributed by atoms with Gasteiger partial charge in [-0.2, -0.15) is 0 Å². The molecule has 3 rings (SSSR count). The predicted molar refractivity (Wildman–Crippen MR) is 105 cm³/mol. The van der Waals surface area contributed by atoms with Crippen LogP contribution in [-0.2, 0) is 9.53 Å². The minimum Gasteiger partial charge on any atom is -0.383 e. The van der Waals surface area contributed by atoms with Gasteiger partial charge in [-0.3, -0.25) is 9.59 Å². The standard InChI is InChI=1S/C22H25FN2O3/c1-15-7-3-4-8-16(15)18-13-25(14-19(18)21(26)24-11-12-28-2)22(27)17-9-5-6-10-20(17)23/h3-10,18-19H,11-14H2,1-2H3,(H,24,26)/t18-,19+/m0/s1. The second kappa shape index (κ2) is 8.97. The molecular weight excluding hydrogens is 359 g/mol. The van der Waals surface area contributed by atoms with E-state index in [4.69, 9.17) is 4.74 Å². The quantitative estimate of drug-likeness (QED) is 0.779. The van der Waals surface area contributed by atoms with E-state index in [1.807, 2.05) is 31.2 Å². The predicted octanol–water partition coefficient (Wildman–Crippen LogP) is 2.75. The van der Waals surface area contributed by atoms with E-state index in [9.17, 15) is 14.0 Å². The van der Waals surface area contributed by atoms with Crippen LogP contribution in [0.4, 0.5) is 4.39 Å². The average molecular weight is 384 g/mol. The van der Waals surface area contributed by atoms with E-state index in [0.717, 1.165) is 11.1 Å². The molecule has 148 valence electrons. The molecule has 0 unspecified atom stereocenters. The van der Waals surface area contributed by atoms with Gasteiger partial charge in [-0.15, -0.1) is 0 Å². The first-order chi connectivity index (χ1) is 13.5.